The van der Waals surface area contributed by atoms with E-state index in [0.717, 1.165) is 11.1 Å². The standard InChI is InChI=1S/C17H18N2O4/c1-11-5-4-6-12(7-11)10-23-17(22)13-8-14(15(20)18-2)16(21)19(3)9-13/h4-9H,10H2,1-3H3,(H,18,20). The Morgan fingerprint density at radius 1 is 1.26 bits per heavy atom. The molecule has 0 radical (unpaired) electrons. The van der Waals surface area contributed by atoms with E-state index in [2.05, 4.69) is 5.32 Å². The van der Waals surface area contributed by atoms with Gasteiger partial charge in [0.15, 0.2) is 0 Å². The number of amides is 1. The van der Waals surface area contributed by atoms with Gasteiger partial charge in [-0.1, -0.05) is 29.8 Å². The van der Waals surface area contributed by atoms with E-state index in [1.54, 1.807) is 0 Å². The summed E-state index contributed by atoms with van der Waals surface area (Å²) in [5.41, 5.74) is 1.52. The molecule has 0 saturated carbocycles. The molecule has 0 unspecified atom stereocenters. The van der Waals surface area contributed by atoms with Crippen LogP contribution < -0.4 is 10.9 Å². The molecular formula is C17H18N2O4. The fraction of sp³-hybridized carbons (Fsp3) is 0.235. The number of benzene rings is 1. The molecule has 6 heteroatoms. The number of esters is 1. The first-order chi connectivity index (χ1) is 10.9. The summed E-state index contributed by atoms with van der Waals surface area (Å²) in [5, 5.41) is 2.38. The molecule has 0 bridgehead atoms. The van der Waals surface area contributed by atoms with Crippen LogP contribution in [0.25, 0.3) is 0 Å². The van der Waals surface area contributed by atoms with Gasteiger partial charge >= 0.3 is 5.97 Å². The zero-order valence-corrected chi connectivity index (χ0v) is 13.3. The van der Waals surface area contributed by atoms with Crippen molar-refractivity contribution in [3.63, 3.8) is 0 Å². The summed E-state index contributed by atoms with van der Waals surface area (Å²) in [6.45, 7) is 2.08. The van der Waals surface area contributed by atoms with Crippen LogP contribution in [0.5, 0.6) is 0 Å². The van der Waals surface area contributed by atoms with Crippen LogP contribution in [-0.2, 0) is 18.4 Å². The third-order valence-electron chi connectivity index (χ3n) is 3.34. The number of carbonyl (C=O) groups is 2. The fourth-order valence-corrected chi connectivity index (χ4v) is 2.15. The second-order valence-electron chi connectivity index (χ2n) is 5.20. The molecule has 2 aromatic rings. The molecule has 120 valence electrons. The smallest absolute Gasteiger partial charge is 0.339 e. The van der Waals surface area contributed by atoms with Gasteiger partial charge in [0.25, 0.3) is 11.5 Å². The van der Waals surface area contributed by atoms with Gasteiger partial charge in [-0.25, -0.2) is 4.79 Å². The van der Waals surface area contributed by atoms with Crippen LogP contribution in [0.15, 0.2) is 41.3 Å². The van der Waals surface area contributed by atoms with Crippen LogP contribution >= 0.6 is 0 Å². The first kappa shape index (κ1) is 16.5. The number of carbonyl (C=O) groups excluding carboxylic acids is 2. The number of nitrogens with zero attached hydrogens (tertiary/aromatic N) is 1. The Morgan fingerprint density at radius 2 is 2.00 bits per heavy atom. The Morgan fingerprint density at radius 3 is 2.65 bits per heavy atom. The molecule has 0 atom stereocenters. The topological polar surface area (TPSA) is 77.4 Å². The predicted molar refractivity (Wildman–Crippen MR) is 85.4 cm³/mol. The molecule has 1 aromatic carbocycles. The Kier molecular flexibility index (Phi) is 4.95. The summed E-state index contributed by atoms with van der Waals surface area (Å²) < 4.78 is 6.43. The highest BCUT2D eigenvalue weighted by atomic mass is 16.5. The quantitative estimate of drug-likeness (QED) is 0.866. The van der Waals surface area contributed by atoms with Crippen LogP contribution in [0.1, 0.15) is 31.8 Å². The number of hydrogen-bond acceptors (Lipinski definition) is 4. The Balaban J connectivity index is 2.21. The van der Waals surface area contributed by atoms with Crippen molar-refractivity contribution in [1.29, 1.82) is 0 Å². The summed E-state index contributed by atoms with van der Waals surface area (Å²) in [6, 6.07) is 8.86. The van der Waals surface area contributed by atoms with E-state index in [-0.39, 0.29) is 17.7 Å². The minimum atomic E-state index is -0.591. The van der Waals surface area contributed by atoms with Crippen LogP contribution in [0.2, 0.25) is 0 Å². The van der Waals surface area contributed by atoms with Crippen LogP contribution in [0.4, 0.5) is 0 Å². The molecule has 2 rings (SSSR count). The van der Waals surface area contributed by atoms with E-state index in [0.29, 0.717) is 0 Å². The van der Waals surface area contributed by atoms with Crippen molar-refractivity contribution in [2.45, 2.75) is 13.5 Å². The molecule has 0 aliphatic rings. The fourth-order valence-electron chi connectivity index (χ4n) is 2.15. The van der Waals surface area contributed by atoms with Crippen molar-refractivity contribution in [2.75, 3.05) is 7.05 Å². The molecule has 23 heavy (non-hydrogen) atoms. The highest BCUT2D eigenvalue weighted by Gasteiger charge is 2.16. The van der Waals surface area contributed by atoms with Gasteiger partial charge in [-0.05, 0) is 18.6 Å². The summed E-state index contributed by atoms with van der Waals surface area (Å²) in [7, 11) is 2.90. The third-order valence-corrected chi connectivity index (χ3v) is 3.34. The molecule has 0 aliphatic heterocycles. The van der Waals surface area contributed by atoms with Gasteiger partial charge in [-0.2, -0.15) is 0 Å². The van der Waals surface area contributed by atoms with E-state index in [1.807, 2.05) is 31.2 Å². The van der Waals surface area contributed by atoms with Crippen LogP contribution in [0.3, 0.4) is 0 Å². The van der Waals surface area contributed by atoms with Crippen molar-refractivity contribution in [3.05, 3.63) is 69.1 Å². The van der Waals surface area contributed by atoms with Crippen molar-refractivity contribution in [2.24, 2.45) is 7.05 Å². The zero-order valence-electron chi connectivity index (χ0n) is 13.3. The summed E-state index contributed by atoms with van der Waals surface area (Å²) in [5.74, 6) is -1.13. The lowest BCUT2D eigenvalue weighted by molar-refractivity contribution is 0.0471. The van der Waals surface area contributed by atoms with Gasteiger partial charge in [-0.3, -0.25) is 9.59 Å². The van der Waals surface area contributed by atoms with Crippen LogP contribution in [0, 0.1) is 6.92 Å². The first-order valence-corrected chi connectivity index (χ1v) is 7.08. The Labute approximate surface area is 133 Å². The average Bonchev–Trinajstić information content (AvgIpc) is 2.54. The molecule has 0 saturated heterocycles. The van der Waals surface area contributed by atoms with E-state index in [1.165, 1.54) is 30.9 Å². The zero-order chi connectivity index (χ0) is 17.0. The summed E-state index contributed by atoms with van der Waals surface area (Å²) in [4.78, 5) is 35.8. The molecule has 1 amide bonds. The van der Waals surface area contributed by atoms with Crippen molar-refractivity contribution >= 4 is 11.9 Å². The van der Waals surface area contributed by atoms with E-state index >= 15 is 0 Å². The molecule has 0 fully saturated rings. The number of pyridine rings is 1. The van der Waals surface area contributed by atoms with Gasteiger partial charge in [0, 0.05) is 20.3 Å². The van der Waals surface area contributed by atoms with Crippen molar-refractivity contribution < 1.29 is 14.3 Å². The summed E-state index contributed by atoms with van der Waals surface area (Å²) >= 11 is 0. The van der Waals surface area contributed by atoms with Crippen molar-refractivity contribution in [3.8, 4) is 0 Å². The van der Waals surface area contributed by atoms with E-state index in [4.69, 9.17) is 4.74 Å². The van der Waals surface area contributed by atoms with E-state index < -0.39 is 17.4 Å². The molecular weight excluding hydrogens is 296 g/mol. The van der Waals surface area contributed by atoms with Gasteiger partial charge in [0.1, 0.15) is 12.2 Å². The van der Waals surface area contributed by atoms with Gasteiger partial charge in [0.2, 0.25) is 0 Å². The summed E-state index contributed by atoms with van der Waals surface area (Å²) in [6.07, 6.45) is 1.35. The molecule has 1 aromatic heterocycles. The second-order valence-corrected chi connectivity index (χ2v) is 5.20. The predicted octanol–water partition coefficient (Wildman–Crippen LogP) is 1.41. The maximum absolute atomic E-state index is 12.2. The van der Waals surface area contributed by atoms with E-state index in [9.17, 15) is 14.4 Å². The second kappa shape index (κ2) is 6.91. The lowest BCUT2D eigenvalue weighted by Gasteiger charge is -2.09. The number of hydrogen-bond donors (Lipinski definition) is 1. The highest BCUT2D eigenvalue weighted by molar-refractivity contribution is 5.97. The first-order valence-electron chi connectivity index (χ1n) is 7.08. The molecule has 6 nitrogen and oxygen atoms in total. The average molecular weight is 314 g/mol. The largest absolute Gasteiger partial charge is 0.457 e. The maximum Gasteiger partial charge on any atom is 0.339 e. The van der Waals surface area contributed by atoms with Gasteiger partial charge < -0.3 is 14.6 Å². The maximum atomic E-state index is 12.2. The molecule has 1 N–H and O–H groups in total. The third kappa shape index (κ3) is 3.85. The molecule has 0 spiro atoms. The van der Waals surface area contributed by atoms with Gasteiger partial charge in [-0.15, -0.1) is 0 Å². The Hall–Kier alpha value is -2.89. The number of rotatable bonds is 4. The lowest BCUT2D eigenvalue weighted by Crippen LogP contribution is -2.31. The van der Waals surface area contributed by atoms with Crippen LogP contribution in [-0.4, -0.2) is 23.5 Å². The minimum Gasteiger partial charge on any atom is -0.457 e. The number of nitrogens with one attached hydrogen (secondary N) is 1. The number of aromatic nitrogens is 1. The monoisotopic (exact) mass is 314 g/mol. The molecule has 0 aliphatic carbocycles. The number of ether oxygens (including phenoxy) is 1. The SMILES string of the molecule is CNC(=O)c1cc(C(=O)OCc2cccc(C)c2)cn(C)c1=O. The number of aryl methyl sites for hydroxylation is 2. The lowest BCUT2D eigenvalue weighted by atomic mass is 10.1. The molecule has 1 heterocycles. The van der Waals surface area contributed by atoms with Crippen molar-refractivity contribution in [1.82, 2.24) is 9.88 Å². The van der Waals surface area contributed by atoms with Gasteiger partial charge in [0.05, 0.1) is 5.56 Å². The highest BCUT2D eigenvalue weighted by Crippen LogP contribution is 2.08. The Bertz CT molecular complexity index is 808. The normalized spacial score (nSPS) is 10.2. The minimum absolute atomic E-state index is 0.0972.